The van der Waals surface area contributed by atoms with E-state index < -0.39 is 16.4 Å². The molecule has 1 aromatic heterocycles. The van der Waals surface area contributed by atoms with Gasteiger partial charge in [0.05, 0.1) is 11.5 Å². The van der Waals surface area contributed by atoms with Crippen LogP contribution in [0.3, 0.4) is 0 Å². The van der Waals surface area contributed by atoms with Crippen molar-refractivity contribution in [2.75, 3.05) is 0 Å². The highest BCUT2D eigenvalue weighted by Crippen LogP contribution is 2.17. The predicted octanol–water partition coefficient (Wildman–Crippen LogP) is 1.64. The average molecular weight is 279 g/mol. The van der Waals surface area contributed by atoms with Crippen molar-refractivity contribution in [1.29, 1.82) is 0 Å². The Hall–Kier alpha value is -2.35. The van der Waals surface area contributed by atoms with Gasteiger partial charge in [0.15, 0.2) is 0 Å². The van der Waals surface area contributed by atoms with E-state index in [1.54, 1.807) is 6.33 Å². The quantitative estimate of drug-likeness (QED) is 0.641. The van der Waals surface area contributed by atoms with Crippen LogP contribution in [0.25, 0.3) is 0 Å². The van der Waals surface area contributed by atoms with E-state index in [1.165, 1.54) is 12.1 Å². The summed E-state index contributed by atoms with van der Waals surface area (Å²) >= 11 is 0. The number of nitrogens with one attached hydrogen (secondary N) is 1. The Balaban J connectivity index is 1.95. The Kier molecular flexibility index (Phi) is 4.36. The molecule has 0 aliphatic carbocycles. The zero-order valence-electron chi connectivity index (χ0n) is 10.9. The maximum Gasteiger partial charge on any atom is 0.304 e. The Morgan fingerprint density at radius 3 is 2.90 bits per heavy atom. The van der Waals surface area contributed by atoms with E-state index in [0.29, 0.717) is 18.7 Å². The molecule has 2 rings (SSSR count). The Labute approximate surface area is 114 Å². The van der Waals surface area contributed by atoms with Gasteiger partial charge in [0, 0.05) is 19.2 Å². The molecular weight excluding hydrogens is 265 g/mol. The van der Waals surface area contributed by atoms with E-state index in [2.05, 4.69) is 15.5 Å². The van der Waals surface area contributed by atoms with Crippen molar-refractivity contribution in [2.45, 2.75) is 26.6 Å². The van der Waals surface area contributed by atoms with Crippen molar-refractivity contribution in [3.8, 4) is 0 Å². The summed E-state index contributed by atoms with van der Waals surface area (Å²) in [6.45, 7) is 3.65. The van der Waals surface area contributed by atoms with E-state index in [-0.39, 0.29) is 0 Å². The molecule has 0 amide bonds. The molecule has 106 valence electrons. The molecule has 0 bridgehead atoms. The first-order valence-corrected chi connectivity index (χ1v) is 6.12. The normalized spacial score (nSPS) is 10.7. The van der Waals surface area contributed by atoms with Gasteiger partial charge in [-0.25, -0.2) is 0 Å². The minimum absolute atomic E-state index is 0.394. The number of hydrogen-bond donors (Lipinski definition) is 1. The molecule has 0 saturated heterocycles. The summed E-state index contributed by atoms with van der Waals surface area (Å²) in [4.78, 5) is 9.77. The summed E-state index contributed by atoms with van der Waals surface area (Å²) in [7, 11) is 0. The smallest absolute Gasteiger partial charge is 0.304 e. The molecule has 1 aromatic carbocycles. The summed E-state index contributed by atoms with van der Waals surface area (Å²) in [5.41, 5.74) is 0.120. The fourth-order valence-corrected chi connectivity index (χ4v) is 1.81. The molecule has 0 saturated carbocycles. The summed E-state index contributed by atoms with van der Waals surface area (Å²) in [5.74, 6) is -0.0408. The first-order valence-electron chi connectivity index (χ1n) is 6.12. The topological polar surface area (TPSA) is 85.9 Å². The number of nitrogens with zero attached hydrogens (tertiary/aromatic N) is 4. The molecule has 7 nitrogen and oxygen atoms in total. The van der Waals surface area contributed by atoms with Gasteiger partial charge in [0.25, 0.3) is 0 Å². The van der Waals surface area contributed by atoms with Gasteiger partial charge < -0.3 is 9.88 Å². The standard InChI is InChI=1S/C12H14FN5O2/c1-2-17-8-15-16-12(17)7-14-6-9-3-4-11(18(19)20)10(13)5-9/h3-5,8,14H,2,6-7H2,1H3. The van der Waals surface area contributed by atoms with E-state index >= 15 is 0 Å². The molecule has 0 aliphatic heterocycles. The van der Waals surface area contributed by atoms with Crippen LogP contribution in [0.15, 0.2) is 24.5 Å². The molecule has 0 unspecified atom stereocenters. The molecule has 20 heavy (non-hydrogen) atoms. The maximum absolute atomic E-state index is 13.4. The summed E-state index contributed by atoms with van der Waals surface area (Å²) < 4.78 is 15.3. The number of benzene rings is 1. The predicted molar refractivity (Wildman–Crippen MR) is 69.3 cm³/mol. The van der Waals surface area contributed by atoms with Crippen LogP contribution in [-0.2, 0) is 19.6 Å². The van der Waals surface area contributed by atoms with Gasteiger partial charge in [-0.2, -0.15) is 4.39 Å². The largest absolute Gasteiger partial charge is 0.317 e. The van der Waals surface area contributed by atoms with Crippen LogP contribution in [0.4, 0.5) is 10.1 Å². The van der Waals surface area contributed by atoms with Gasteiger partial charge in [0.2, 0.25) is 5.82 Å². The van der Waals surface area contributed by atoms with Crippen molar-refractivity contribution in [2.24, 2.45) is 0 Å². The number of hydrogen-bond acceptors (Lipinski definition) is 5. The number of nitro groups is 1. The van der Waals surface area contributed by atoms with Gasteiger partial charge >= 0.3 is 5.69 Å². The number of halogens is 1. The Bertz CT molecular complexity index is 614. The van der Waals surface area contributed by atoms with Crippen LogP contribution in [0, 0.1) is 15.9 Å². The molecule has 0 fully saturated rings. The van der Waals surface area contributed by atoms with Crippen LogP contribution >= 0.6 is 0 Å². The van der Waals surface area contributed by atoms with Gasteiger partial charge in [-0.3, -0.25) is 10.1 Å². The summed E-state index contributed by atoms with van der Waals surface area (Å²) in [6.07, 6.45) is 1.64. The van der Waals surface area contributed by atoms with Crippen LogP contribution in [-0.4, -0.2) is 19.7 Å². The second kappa shape index (κ2) is 6.20. The van der Waals surface area contributed by atoms with Crippen LogP contribution < -0.4 is 5.32 Å². The van der Waals surface area contributed by atoms with Gasteiger partial charge in [-0.1, -0.05) is 6.07 Å². The third-order valence-corrected chi connectivity index (χ3v) is 2.86. The minimum Gasteiger partial charge on any atom is -0.317 e. The molecule has 2 aromatic rings. The summed E-state index contributed by atoms with van der Waals surface area (Å²) in [6, 6.07) is 3.86. The Morgan fingerprint density at radius 1 is 1.45 bits per heavy atom. The zero-order chi connectivity index (χ0) is 14.5. The van der Waals surface area contributed by atoms with Gasteiger partial charge in [-0.05, 0) is 18.6 Å². The molecule has 0 radical (unpaired) electrons. The van der Waals surface area contributed by atoms with Gasteiger partial charge in [0.1, 0.15) is 12.2 Å². The highest BCUT2D eigenvalue weighted by atomic mass is 19.1. The fraction of sp³-hybridized carbons (Fsp3) is 0.333. The van der Waals surface area contributed by atoms with Crippen molar-refractivity contribution >= 4 is 5.69 Å². The highest BCUT2D eigenvalue weighted by Gasteiger charge is 2.13. The number of nitro benzene ring substituents is 1. The molecule has 0 atom stereocenters. The lowest BCUT2D eigenvalue weighted by Crippen LogP contribution is -2.16. The first kappa shape index (κ1) is 14.1. The second-order valence-corrected chi connectivity index (χ2v) is 4.18. The number of aromatic nitrogens is 3. The second-order valence-electron chi connectivity index (χ2n) is 4.18. The lowest BCUT2D eigenvalue weighted by Gasteiger charge is -2.06. The zero-order valence-corrected chi connectivity index (χ0v) is 10.9. The van der Waals surface area contributed by atoms with Crippen LogP contribution in [0.1, 0.15) is 18.3 Å². The van der Waals surface area contributed by atoms with Crippen molar-refractivity contribution in [3.05, 3.63) is 51.8 Å². The molecule has 1 N–H and O–H groups in total. The van der Waals surface area contributed by atoms with Crippen LogP contribution in [0.2, 0.25) is 0 Å². The minimum atomic E-state index is -0.828. The van der Waals surface area contributed by atoms with E-state index in [0.717, 1.165) is 18.4 Å². The van der Waals surface area contributed by atoms with E-state index in [1.807, 2.05) is 11.5 Å². The van der Waals surface area contributed by atoms with Crippen molar-refractivity contribution < 1.29 is 9.31 Å². The fourth-order valence-electron chi connectivity index (χ4n) is 1.81. The number of rotatable bonds is 6. The van der Waals surface area contributed by atoms with Crippen molar-refractivity contribution in [1.82, 2.24) is 20.1 Å². The molecule has 0 spiro atoms. The molecule has 8 heteroatoms. The average Bonchev–Trinajstić information content (AvgIpc) is 2.86. The van der Waals surface area contributed by atoms with Crippen molar-refractivity contribution in [3.63, 3.8) is 0 Å². The van der Waals surface area contributed by atoms with Crippen LogP contribution in [0.5, 0.6) is 0 Å². The molecule has 1 heterocycles. The van der Waals surface area contributed by atoms with E-state index in [9.17, 15) is 14.5 Å². The highest BCUT2D eigenvalue weighted by molar-refractivity contribution is 5.34. The number of aryl methyl sites for hydroxylation is 1. The molecule has 0 aliphatic rings. The van der Waals surface area contributed by atoms with E-state index in [4.69, 9.17) is 0 Å². The maximum atomic E-state index is 13.4. The Morgan fingerprint density at radius 2 is 2.25 bits per heavy atom. The lowest BCUT2D eigenvalue weighted by atomic mass is 10.2. The summed E-state index contributed by atoms with van der Waals surface area (Å²) in [5, 5.41) is 21.4. The van der Waals surface area contributed by atoms with Gasteiger partial charge in [-0.15, -0.1) is 10.2 Å². The SMILES string of the molecule is CCn1cnnc1CNCc1ccc([N+](=O)[O-])c(F)c1. The lowest BCUT2D eigenvalue weighted by molar-refractivity contribution is -0.387. The first-order chi connectivity index (χ1) is 9.61. The third-order valence-electron chi connectivity index (χ3n) is 2.86. The third kappa shape index (κ3) is 3.15. The molecular formula is C12H14FN5O2. The monoisotopic (exact) mass is 279 g/mol.